The van der Waals surface area contributed by atoms with Gasteiger partial charge >= 0.3 is 5.97 Å². The molecular formula is C11H10N2O4S2. The third-order valence-corrected chi connectivity index (χ3v) is 5.42. The second kappa shape index (κ2) is 6.34. The molecule has 0 amide bonds. The van der Waals surface area contributed by atoms with E-state index in [0.717, 1.165) is 15.6 Å². The first-order chi connectivity index (χ1) is 8.91. The third-order valence-electron chi connectivity index (χ3n) is 2.07. The number of carboxylic acid groups (broad SMARTS) is 1. The minimum absolute atomic E-state index is 0.0192. The normalized spacial score (nSPS) is 10.9. The lowest BCUT2D eigenvalue weighted by molar-refractivity contribution is -0.136. The zero-order chi connectivity index (χ0) is 14.5. The van der Waals surface area contributed by atoms with Crippen LogP contribution in [0.1, 0.15) is 4.88 Å². The predicted octanol–water partition coefficient (Wildman–Crippen LogP) is 0.523. The van der Waals surface area contributed by atoms with E-state index in [1.54, 1.807) is 6.07 Å². The van der Waals surface area contributed by atoms with Gasteiger partial charge in [-0.3, -0.25) is 4.79 Å². The van der Waals surface area contributed by atoms with Gasteiger partial charge in [-0.15, -0.1) is 17.8 Å². The van der Waals surface area contributed by atoms with Gasteiger partial charge in [-0.25, -0.2) is 8.42 Å². The summed E-state index contributed by atoms with van der Waals surface area (Å²) in [5.41, 5.74) is 0. The summed E-state index contributed by atoms with van der Waals surface area (Å²) in [6.07, 6.45) is 4.82. The number of hydrogen-bond acceptors (Lipinski definition) is 5. The van der Waals surface area contributed by atoms with Crippen LogP contribution < -0.4 is 0 Å². The van der Waals surface area contributed by atoms with Gasteiger partial charge in [-0.2, -0.15) is 9.57 Å². The van der Waals surface area contributed by atoms with Crippen LogP contribution in [0.3, 0.4) is 0 Å². The summed E-state index contributed by atoms with van der Waals surface area (Å²) in [6, 6.07) is 4.48. The fourth-order valence-corrected chi connectivity index (χ4v) is 4.03. The number of rotatable bonds is 6. The molecule has 19 heavy (non-hydrogen) atoms. The highest BCUT2D eigenvalue weighted by Gasteiger charge is 2.25. The second-order valence-corrected chi connectivity index (χ2v) is 6.76. The summed E-state index contributed by atoms with van der Waals surface area (Å²) in [6.45, 7) is -0.555. The molecule has 0 aliphatic rings. The molecule has 0 radical (unpaired) electrons. The zero-order valence-corrected chi connectivity index (χ0v) is 11.4. The molecule has 1 N–H and O–H groups in total. The Morgan fingerprint density at radius 2 is 2.16 bits per heavy atom. The van der Waals surface area contributed by atoms with Crippen molar-refractivity contribution in [2.75, 3.05) is 13.1 Å². The first kappa shape index (κ1) is 15.2. The monoisotopic (exact) mass is 298 g/mol. The lowest BCUT2D eigenvalue weighted by Crippen LogP contribution is -2.31. The molecule has 0 saturated heterocycles. The van der Waals surface area contributed by atoms with Crippen molar-refractivity contribution in [3.63, 3.8) is 0 Å². The number of carbonyl (C=O) groups is 1. The minimum Gasteiger partial charge on any atom is -0.481 e. The molecule has 0 spiro atoms. The molecule has 0 bridgehead atoms. The quantitative estimate of drug-likeness (QED) is 0.610. The van der Waals surface area contributed by atoms with Crippen LogP contribution in [0.25, 0.3) is 0 Å². The number of thiophene rings is 1. The molecule has 0 aliphatic carbocycles. The highest BCUT2D eigenvalue weighted by molar-refractivity contribution is 7.91. The molecule has 0 aromatic carbocycles. The number of aliphatic carboxylic acids is 1. The van der Waals surface area contributed by atoms with Gasteiger partial charge in [0.15, 0.2) is 0 Å². The molecule has 0 unspecified atom stereocenters. The molecule has 1 aromatic rings. The summed E-state index contributed by atoms with van der Waals surface area (Å²) in [5, 5.41) is 17.2. The van der Waals surface area contributed by atoms with Crippen molar-refractivity contribution in [2.24, 2.45) is 0 Å². The van der Waals surface area contributed by atoms with E-state index in [2.05, 4.69) is 5.92 Å². The fraction of sp³-hybridized carbons (Fsp3) is 0.273. The molecule has 6 nitrogen and oxygen atoms in total. The Kier molecular flexibility index (Phi) is 5.07. The minimum atomic E-state index is -3.85. The topological polar surface area (TPSA) is 98.5 Å². The van der Waals surface area contributed by atoms with Gasteiger partial charge in [0.1, 0.15) is 10.8 Å². The standard InChI is InChI=1S/C11H10N2O4S2/c1-2-6-13(7-5-12)19(16,17)11-4-3-9(18-11)8-10(14)15/h1,3-4H,6-8H2,(H,14,15). The highest BCUT2D eigenvalue weighted by atomic mass is 32.2. The Morgan fingerprint density at radius 3 is 2.68 bits per heavy atom. The van der Waals surface area contributed by atoms with Crippen LogP contribution in [0.15, 0.2) is 16.3 Å². The Hall–Kier alpha value is -1.87. The molecular weight excluding hydrogens is 288 g/mol. The van der Waals surface area contributed by atoms with E-state index in [0.29, 0.717) is 4.88 Å². The number of terminal acetylenes is 1. The second-order valence-electron chi connectivity index (χ2n) is 3.43. The maximum Gasteiger partial charge on any atom is 0.308 e. The smallest absolute Gasteiger partial charge is 0.308 e. The first-order valence-electron chi connectivity index (χ1n) is 5.03. The molecule has 0 saturated carbocycles. The molecule has 0 aliphatic heterocycles. The van der Waals surface area contributed by atoms with Gasteiger partial charge in [-0.1, -0.05) is 5.92 Å². The highest BCUT2D eigenvalue weighted by Crippen LogP contribution is 2.25. The molecule has 8 heteroatoms. The van der Waals surface area contributed by atoms with Gasteiger partial charge < -0.3 is 5.11 Å². The largest absolute Gasteiger partial charge is 0.481 e. The Morgan fingerprint density at radius 1 is 1.47 bits per heavy atom. The van der Waals surface area contributed by atoms with Gasteiger partial charge in [0.05, 0.1) is 19.0 Å². The molecule has 100 valence electrons. The van der Waals surface area contributed by atoms with E-state index in [1.807, 2.05) is 0 Å². The van der Waals surface area contributed by atoms with Crippen LogP contribution in [0, 0.1) is 23.7 Å². The van der Waals surface area contributed by atoms with Crippen molar-refractivity contribution in [3.05, 3.63) is 17.0 Å². The van der Waals surface area contributed by atoms with Crippen molar-refractivity contribution in [3.8, 4) is 18.4 Å². The third kappa shape index (κ3) is 3.80. The fourth-order valence-electron chi connectivity index (χ4n) is 1.27. The molecule has 1 heterocycles. The van der Waals surface area contributed by atoms with E-state index >= 15 is 0 Å². The number of hydrogen-bond donors (Lipinski definition) is 1. The van der Waals surface area contributed by atoms with E-state index < -0.39 is 16.0 Å². The van der Waals surface area contributed by atoms with E-state index in [1.165, 1.54) is 12.1 Å². The Bertz CT molecular complexity index is 633. The van der Waals surface area contributed by atoms with Crippen LogP contribution in [0.2, 0.25) is 0 Å². The summed E-state index contributed by atoms with van der Waals surface area (Å²) >= 11 is 0.860. The van der Waals surface area contributed by atoms with E-state index in [4.69, 9.17) is 16.8 Å². The van der Waals surface area contributed by atoms with Crippen molar-refractivity contribution < 1.29 is 18.3 Å². The van der Waals surface area contributed by atoms with Gasteiger partial charge in [0, 0.05) is 4.88 Å². The van der Waals surface area contributed by atoms with Crippen LogP contribution in [-0.4, -0.2) is 36.9 Å². The van der Waals surface area contributed by atoms with Gasteiger partial charge in [0.2, 0.25) is 0 Å². The van der Waals surface area contributed by atoms with Gasteiger partial charge in [0.25, 0.3) is 10.0 Å². The van der Waals surface area contributed by atoms with Crippen LogP contribution in [0.4, 0.5) is 0 Å². The summed E-state index contributed by atoms with van der Waals surface area (Å²) < 4.78 is 25.2. The van der Waals surface area contributed by atoms with Crippen molar-refractivity contribution >= 4 is 27.3 Å². The molecule has 1 rings (SSSR count). The average Bonchev–Trinajstić information content (AvgIpc) is 2.77. The number of sulfonamides is 1. The number of nitrogens with zero attached hydrogens (tertiary/aromatic N) is 2. The van der Waals surface area contributed by atoms with Crippen molar-refractivity contribution in [1.29, 1.82) is 5.26 Å². The number of nitriles is 1. The summed E-state index contributed by atoms with van der Waals surface area (Å²) in [7, 11) is -3.85. The molecule has 1 aromatic heterocycles. The Balaban J connectivity index is 3.05. The zero-order valence-electron chi connectivity index (χ0n) is 9.74. The average molecular weight is 298 g/mol. The number of carboxylic acids is 1. The van der Waals surface area contributed by atoms with Crippen molar-refractivity contribution in [1.82, 2.24) is 4.31 Å². The lowest BCUT2D eigenvalue weighted by Gasteiger charge is -2.14. The van der Waals surface area contributed by atoms with Crippen LogP contribution in [0.5, 0.6) is 0 Å². The summed E-state index contributed by atoms with van der Waals surface area (Å²) in [5.74, 6) is 1.14. The molecule has 0 atom stereocenters. The van der Waals surface area contributed by atoms with E-state index in [9.17, 15) is 13.2 Å². The SMILES string of the molecule is C#CCN(CC#N)S(=O)(=O)c1ccc(CC(=O)O)s1. The first-order valence-corrected chi connectivity index (χ1v) is 7.28. The molecule has 0 fully saturated rings. The van der Waals surface area contributed by atoms with Crippen LogP contribution >= 0.6 is 11.3 Å². The van der Waals surface area contributed by atoms with Crippen LogP contribution in [-0.2, 0) is 21.2 Å². The van der Waals surface area contributed by atoms with Gasteiger partial charge in [-0.05, 0) is 12.1 Å². The van der Waals surface area contributed by atoms with Crippen molar-refractivity contribution in [2.45, 2.75) is 10.6 Å². The summed E-state index contributed by atoms with van der Waals surface area (Å²) in [4.78, 5) is 11.0. The lowest BCUT2D eigenvalue weighted by atomic mass is 10.3. The Labute approximate surface area is 114 Å². The maximum absolute atomic E-state index is 12.2. The van der Waals surface area contributed by atoms with E-state index in [-0.39, 0.29) is 23.7 Å². The predicted molar refractivity (Wildman–Crippen MR) is 68.9 cm³/mol. The maximum atomic E-state index is 12.2.